The molecule has 0 amide bonds. The van der Waals surface area contributed by atoms with E-state index in [-0.39, 0.29) is 5.69 Å². The van der Waals surface area contributed by atoms with Crippen LogP contribution in [0, 0.1) is 10.1 Å². The van der Waals surface area contributed by atoms with E-state index in [1.165, 1.54) is 12.1 Å². The van der Waals surface area contributed by atoms with Gasteiger partial charge in [-0.05, 0) is 48.5 Å². The highest BCUT2D eigenvalue weighted by atomic mass is 16.6. The molecule has 0 radical (unpaired) electrons. The summed E-state index contributed by atoms with van der Waals surface area (Å²) in [5, 5.41) is 10.8. The summed E-state index contributed by atoms with van der Waals surface area (Å²) >= 11 is 0. The van der Waals surface area contributed by atoms with Gasteiger partial charge in [0.1, 0.15) is 11.5 Å². The van der Waals surface area contributed by atoms with Gasteiger partial charge in [-0.3, -0.25) is 15.0 Å². The summed E-state index contributed by atoms with van der Waals surface area (Å²) in [5.41, 5.74) is 10.5. The van der Waals surface area contributed by atoms with E-state index < -0.39 is 4.92 Å². The highest BCUT2D eigenvalue weighted by Crippen LogP contribution is 2.27. The molecule has 8 heteroatoms. The Morgan fingerprint density at radius 3 is 2.53 bits per heavy atom. The molecule has 2 N–H and O–H groups in total. The number of aromatic nitrogens is 2. The van der Waals surface area contributed by atoms with E-state index in [0.717, 1.165) is 59.2 Å². The standard InChI is InChI=1S/C24H21N5O3/c25-19-5-1-17(2-6-19)24-26-13-18-14-28(12-11-22(18)27-24)15-21-9-10-23(32-21)16-3-7-20(8-4-16)29(30)31/h1-10,13H,11-12,14-15,25H2. The van der Waals surface area contributed by atoms with Gasteiger partial charge >= 0.3 is 0 Å². The number of benzene rings is 2. The van der Waals surface area contributed by atoms with Crippen LogP contribution in [0.1, 0.15) is 17.0 Å². The van der Waals surface area contributed by atoms with Gasteiger partial charge in [0, 0.05) is 60.2 Å². The third-order valence-corrected chi connectivity index (χ3v) is 5.59. The number of non-ortho nitro benzene ring substituents is 1. The Labute approximate surface area is 184 Å². The van der Waals surface area contributed by atoms with Crippen molar-refractivity contribution < 1.29 is 9.34 Å². The van der Waals surface area contributed by atoms with E-state index >= 15 is 0 Å². The Morgan fingerprint density at radius 1 is 1.03 bits per heavy atom. The molecular weight excluding hydrogens is 406 g/mol. The predicted octanol–water partition coefficient (Wildman–Crippen LogP) is 4.45. The zero-order valence-electron chi connectivity index (χ0n) is 17.3. The fourth-order valence-corrected chi connectivity index (χ4v) is 3.87. The smallest absolute Gasteiger partial charge is 0.269 e. The highest BCUT2D eigenvalue weighted by molar-refractivity contribution is 5.60. The van der Waals surface area contributed by atoms with Crippen molar-refractivity contribution in [3.8, 4) is 22.7 Å². The monoisotopic (exact) mass is 427 g/mol. The van der Waals surface area contributed by atoms with Crippen molar-refractivity contribution in [2.75, 3.05) is 12.3 Å². The molecule has 8 nitrogen and oxygen atoms in total. The molecule has 0 fully saturated rings. The number of hydrogen-bond donors (Lipinski definition) is 1. The highest BCUT2D eigenvalue weighted by Gasteiger charge is 2.20. The molecule has 2 aromatic carbocycles. The molecule has 160 valence electrons. The molecule has 0 saturated carbocycles. The van der Waals surface area contributed by atoms with Crippen LogP contribution in [0.15, 0.2) is 71.3 Å². The maximum atomic E-state index is 10.8. The van der Waals surface area contributed by atoms with Crippen LogP contribution >= 0.6 is 0 Å². The number of rotatable bonds is 5. The number of nitro benzene ring substituents is 1. The van der Waals surface area contributed by atoms with Crippen molar-refractivity contribution in [3.63, 3.8) is 0 Å². The molecule has 0 aliphatic carbocycles. The van der Waals surface area contributed by atoms with Crippen molar-refractivity contribution >= 4 is 11.4 Å². The lowest BCUT2D eigenvalue weighted by Crippen LogP contribution is -2.30. The molecule has 32 heavy (non-hydrogen) atoms. The summed E-state index contributed by atoms with van der Waals surface area (Å²) in [6.07, 6.45) is 2.75. The second-order valence-corrected chi connectivity index (χ2v) is 7.82. The number of anilines is 1. The zero-order chi connectivity index (χ0) is 22.1. The molecule has 0 bridgehead atoms. The third kappa shape index (κ3) is 4.08. The van der Waals surface area contributed by atoms with Gasteiger partial charge in [-0.15, -0.1) is 0 Å². The van der Waals surface area contributed by atoms with Crippen LogP contribution in [0.5, 0.6) is 0 Å². The van der Waals surface area contributed by atoms with Crippen molar-refractivity contribution in [3.05, 3.63) is 94.0 Å². The van der Waals surface area contributed by atoms with Gasteiger partial charge in [-0.1, -0.05) is 0 Å². The number of nitrogen functional groups attached to an aromatic ring is 1. The topological polar surface area (TPSA) is 111 Å². The van der Waals surface area contributed by atoms with Crippen LogP contribution in [-0.2, 0) is 19.5 Å². The Hall–Kier alpha value is -4.04. The van der Waals surface area contributed by atoms with Gasteiger partial charge in [0.15, 0.2) is 5.82 Å². The van der Waals surface area contributed by atoms with Gasteiger partial charge in [0.05, 0.1) is 17.2 Å². The molecule has 5 rings (SSSR count). The average Bonchev–Trinajstić information content (AvgIpc) is 3.28. The van der Waals surface area contributed by atoms with Gasteiger partial charge in [-0.25, -0.2) is 9.97 Å². The molecule has 0 spiro atoms. The van der Waals surface area contributed by atoms with Crippen molar-refractivity contribution in [2.45, 2.75) is 19.5 Å². The fourth-order valence-electron chi connectivity index (χ4n) is 3.87. The molecule has 3 heterocycles. The first-order chi connectivity index (χ1) is 15.5. The molecular formula is C24H21N5O3. The third-order valence-electron chi connectivity index (χ3n) is 5.59. The summed E-state index contributed by atoms with van der Waals surface area (Å²) in [5.74, 6) is 2.26. The molecule has 0 saturated heterocycles. The lowest BCUT2D eigenvalue weighted by atomic mass is 10.1. The minimum absolute atomic E-state index is 0.0642. The zero-order valence-corrected chi connectivity index (χ0v) is 17.3. The molecule has 1 aliphatic rings. The summed E-state index contributed by atoms with van der Waals surface area (Å²) in [6.45, 7) is 2.30. The summed E-state index contributed by atoms with van der Waals surface area (Å²) in [6, 6.07) is 17.8. The molecule has 2 aromatic heterocycles. The van der Waals surface area contributed by atoms with Gasteiger partial charge in [-0.2, -0.15) is 0 Å². The normalized spacial score (nSPS) is 13.6. The maximum Gasteiger partial charge on any atom is 0.269 e. The minimum atomic E-state index is -0.409. The second kappa shape index (κ2) is 8.24. The van der Waals surface area contributed by atoms with Gasteiger partial charge < -0.3 is 10.2 Å². The summed E-state index contributed by atoms with van der Waals surface area (Å²) in [7, 11) is 0. The predicted molar refractivity (Wildman–Crippen MR) is 120 cm³/mol. The van der Waals surface area contributed by atoms with E-state index in [1.54, 1.807) is 12.1 Å². The maximum absolute atomic E-state index is 10.8. The number of nitro groups is 1. The molecule has 1 aliphatic heterocycles. The van der Waals surface area contributed by atoms with Crippen LogP contribution in [0.3, 0.4) is 0 Å². The largest absolute Gasteiger partial charge is 0.460 e. The molecule has 4 aromatic rings. The lowest BCUT2D eigenvalue weighted by Gasteiger charge is -2.27. The number of furan rings is 1. The summed E-state index contributed by atoms with van der Waals surface area (Å²) < 4.78 is 5.99. The number of hydrogen-bond acceptors (Lipinski definition) is 7. The molecule has 0 unspecified atom stereocenters. The van der Waals surface area contributed by atoms with Crippen LogP contribution in [0.25, 0.3) is 22.7 Å². The number of nitrogens with two attached hydrogens (primary N) is 1. The minimum Gasteiger partial charge on any atom is -0.460 e. The van der Waals surface area contributed by atoms with Crippen LogP contribution in [-0.4, -0.2) is 26.3 Å². The van der Waals surface area contributed by atoms with Gasteiger partial charge in [0.2, 0.25) is 0 Å². The Balaban J connectivity index is 1.26. The SMILES string of the molecule is Nc1ccc(-c2ncc3c(n2)CCN(Cc2ccc(-c4ccc([N+](=O)[O-])cc4)o2)C3)cc1. The van der Waals surface area contributed by atoms with E-state index in [2.05, 4.69) is 9.88 Å². The van der Waals surface area contributed by atoms with Gasteiger partial charge in [0.25, 0.3) is 5.69 Å². The van der Waals surface area contributed by atoms with E-state index in [1.807, 2.05) is 42.6 Å². The number of nitrogens with zero attached hydrogens (tertiary/aromatic N) is 4. The Bertz CT molecular complexity index is 1270. The van der Waals surface area contributed by atoms with E-state index in [0.29, 0.717) is 12.3 Å². The Morgan fingerprint density at radius 2 is 1.78 bits per heavy atom. The van der Waals surface area contributed by atoms with Crippen LogP contribution in [0.2, 0.25) is 0 Å². The lowest BCUT2D eigenvalue weighted by molar-refractivity contribution is -0.384. The second-order valence-electron chi connectivity index (χ2n) is 7.82. The fraction of sp³-hybridized carbons (Fsp3) is 0.167. The quantitative estimate of drug-likeness (QED) is 0.284. The summed E-state index contributed by atoms with van der Waals surface area (Å²) in [4.78, 5) is 22.0. The first-order valence-corrected chi connectivity index (χ1v) is 10.3. The van der Waals surface area contributed by atoms with E-state index in [4.69, 9.17) is 15.1 Å². The van der Waals surface area contributed by atoms with Crippen LogP contribution < -0.4 is 5.73 Å². The first kappa shape index (κ1) is 19.9. The number of fused-ring (bicyclic) bond motifs is 1. The first-order valence-electron chi connectivity index (χ1n) is 10.3. The van der Waals surface area contributed by atoms with Crippen molar-refractivity contribution in [2.24, 2.45) is 0 Å². The van der Waals surface area contributed by atoms with Crippen LogP contribution in [0.4, 0.5) is 11.4 Å². The average molecular weight is 427 g/mol. The molecule has 0 atom stereocenters. The Kier molecular flexibility index (Phi) is 5.12. The van der Waals surface area contributed by atoms with Crippen molar-refractivity contribution in [1.82, 2.24) is 14.9 Å². The van der Waals surface area contributed by atoms with Crippen molar-refractivity contribution in [1.29, 1.82) is 0 Å². The van der Waals surface area contributed by atoms with E-state index in [9.17, 15) is 10.1 Å².